The van der Waals surface area contributed by atoms with E-state index in [1.807, 2.05) is 30.3 Å². The first kappa shape index (κ1) is 19.6. The Balaban J connectivity index is 1.55. The third-order valence-corrected chi connectivity index (χ3v) is 5.10. The lowest BCUT2D eigenvalue weighted by molar-refractivity contribution is -0.918. The molecule has 11 heteroatoms. The molecule has 1 fully saturated rings. The molecule has 11 nitrogen and oxygen atoms in total. The molecule has 0 saturated carbocycles. The largest absolute Gasteiger partial charge is 0.378 e. The summed E-state index contributed by atoms with van der Waals surface area (Å²) in [5.74, 6) is -0.133. The number of nitrogen functional groups attached to an aromatic ring is 1. The van der Waals surface area contributed by atoms with Crippen molar-refractivity contribution in [3.8, 4) is 5.82 Å². The number of nitrogens with zero attached hydrogens (tertiary/aromatic N) is 5. The number of aromatic nitrogens is 5. The second kappa shape index (κ2) is 8.74. The molecule has 0 bridgehead atoms. The normalized spacial score (nSPS) is 14.4. The second-order valence-electron chi connectivity index (χ2n) is 7.18. The van der Waals surface area contributed by atoms with Gasteiger partial charge in [-0.05, 0) is 35.1 Å². The van der Waals surface area contributed by atoms with Crippen molar-refractivity contribution in [2.24, 2.45) is 0 Å². The Morgan fingerprint density at radius 1 is 1.17 bits per heavy atom. The quantitative estimate of drug-likeness (QED) is 0.389. The van der Waals surface area contributed by atoms with Crippen molar-refractivity contribution in [1.29, 1.82) is 0 Å². The van der Waals surface area contributed by atoms with Crippen LogP contribution in [0.3, 0.4) is 0 Å². The van der Waals surface area contributed by atoms with Gasteiger partial charge in [0, 0.05) is 0 Å². The molecule has 5 N–H and O–H groups in total. The van der Waals surface area contributed by atoms with Gasteiger partial charge in [-0.3, -0.25) is 15.6 Å². The first-order chi connectivity index (χ1) is 14.6. The van der Waals surface area contributed by atoms with Crippen molar-refractivity contribution in [1.82, 2.24) is 36.2 Å². The Bertz CT molecular complexity index is 1020. The van der Waals surface area contributed by atoms with Gasteiger partial charge >= 0.3 is 0 Å². The van der Waals surface area contributed by atoms with Gasteiger partial charge < -0.3 is 10.6 Å². The average molecular weight is 410 g/mol. The molecule has 0 radical (unpaired) electrons. The zero-order valence-corrected chi connectivity index (χ0v) is 16.5. The molecule has 156 valence electrons. The number of benzene rings is 1. The van der Waals surface area contributed by atoms with Gasteiger partial charge in [-0.2, -0.15) is 4.68 Å². The van der Waals surface area contributed by atoms with E-state index < -0.39 is 5.91 Å². The van der Waals surface area contributed by atoms with E-state index in [0.717, 1.165) is 31.5 Å². The van der Waals surface area contributed by atoms with Crippen LogP contribution in [-0.2, 0) is 6.54 Å². The summed E-state index contributed by atoms with van der Waals surface area (Å²) in [4.78, 5) is 14.2. The molecule has 3 heterocycles. The fourth-order valence-corrected chi connectivity index (χ4v) is 3.51. The van der Waals surface area contributed by atoms with Crippen molar-refractivity contribution in [3.63, 3.8) is 0 Å². The Labute approximate surface area is 172 Å². The van der Waals surface area contributed by atoms with E-state index >= 15 is 0 Å². The summed E-state index contributed by atoms with van der Waals surface area (Å²) >= 11 is 0. The second-order valence-corrected chi connectivity index (χ2v) is 7.18. The number of hydrogen-bond acceptors (Lipinski definition) is 8. The number of hydrogen-bond donors (Lipinski definition) is 4. The fraction of sp³-hybridized carbons (Fsp3) is 0.316. The predicted molar refractivity (Wildman–Crippen MR) is 108 cm³/mol. The van der Waals surface area contributed by atoms with Gasteiger partial charge in [0.2, 0.25) is 11.6 Å². The first-order valence-corrected chi connectivity index (χ1v) is 9.80. The molecule has 0 aliphatic carbocycles. The van der Waals surface area contributed by atoms with Crippen LogP contribution in [0.4, 0.5) is 5.82 Å². The number of anilines is 1. The SMILES string of the molecule is C=C(NNC(=O)c1nnn(-c2nonc2N)c1C[NH+]1CCCCC1)c1ccccc1. The van der Waals surface area contributed by atoms with Crippen LogP contribution in [0, 0.1) is 0 Å². The predicted octanol–water partition coefficient (Wildman–Crippen LogP) is -0.293. The lowest BCUT2D eigenvalue weighted by Gasteiger charge is -2.23. The zero-order chi connectivity index (χ0) is 20.9. The van der Waals surface area contributed by atoms with E-state index in [2.05, 4.69) is 38.1 Å². The number of nitrogens with one attached hydrogen (secondary N) is 3. The van der Waals surface area contributed by atoms with Gasteiger partial charge in [0.1, 0.15) is 12.2 Å². The van der Waals surface area contributed by atoms with Crippen LogP contribution in [0.2, 0.25) is 0 Å². The van der Waals surface area contributed by atoms with E-state index in [9.17, 15) is 4.79 Å². The molecule has 0 atom stereocenters. The van der Waals surface area contributed by atoms with Gasteiger partial charge in [0.25, 0.3) is 5.91 Å². The molecular formula is C19H24N9O2+. The summed E-state index contributed by atoms with van der Waals surface area (Å²) < 4.78 is 6.12. The van der Waals surface area contributed by atoms with Gasteiger partial charge in [-0.25, -0.2) is 4.63 Å². The van der Waals surface area contributed by atoms with E-state index in [1.54, 1.807) is 0 Å². The van der Waals surface area contributed by atoms with Crippen molar-refractivity contribution < 1.29 is 14.3 Å². The van der Waals surface area contributed by atoms with Crippen molar-refractivity contribution >= 4 is 17.4 Å². The van der Waals surface area contributed by atoms with Crippen LogP contribution >= 0.6 is 0 Å². The number of piperidine rings is 1. The van der Waals surface area contributed by atoms with E-state index in [1.165, 1.54) is 16.0 Å². The number of quaternary nitrogens is 1. The molecular weight excluding hydrogens is 386 g/mol. The van der Waals surface area contributed by atoms with Crippen LogP contribution in [-0.4, -0.2) is 44.3 Å². The van der Waals surface area contributed by atoms with E-state index in [0.29, 0.717) is 17.9 Å². The topological polar surface area (TPSA) is 141 Å². The Hall–Kier alpha value is -3.73. The zero-order valence-electron chi connectivity index (χ0n) is 16.5. The molecule has 30 heavy (non-hydrogen) atoms. The lowest BCUT2D eigenvalue weighted by Crippen LogP contribution is -3.11. The van der Waals surface area contributed by atoms with Gasteiger partial charge in [-0.1, -0.05) is 42.1 Å². The van der Waals surface area contributed by atoms with Gasteiger partial charge in [0.05, 0.1) is 18.8 Å². The number of amides is 1. The number of rotatable bonds is 7. The molecule has 1 amide bonds. The molecule has 4 rings (SSSR count). The average Bonchev–Trinajstić information content (AvgIpc) is 3.39. The Morgan fingerprint density at radius 2 is 1.93 bits per heavy atom. The maximum Gasteiger partial charge on any atom is 0.292 e. The summed E-state index contributed by atoms with van der Waals surface area (Å²) in [6.07, 6.45) is 3.51. The molecule has 1 saturated heterocycles. The maximum absolute atomic E-state index is 12.9. The maximum atomic E-state index is 12.9. The monoisotopic (exact) mass is 410 g/mol. The summed E-state index contributed by atoms with van der Waals surface area (Å²) in [5.41, 5.74) is 13.5. The third-order valence-electron chi connectivity index (χ3n) is 5.10. The molecule has 3 aromatic rings. The highest BCUT2D eigenvalue weighted by Gasteiger charge is 2.28. The Morgan fingerprint density at radius 3 is 2.63 bits per heavy atom. The number of carbonyl (C=O) groups excluding carboxylic acids is 1. The van der Waals surface area contributed by atoms with Gasteiger partial charge in [-0.15, -0.1) is 5.10 Å². The molecule has 2 aromatic heterocycles. The number of carbonyl (C=O) groups is 1. The minimum Gasteiger partial charge on any atom is -0.378 e. The molecule has 0 spiro atoms. The van der Waals surface area contributed by atoms with Crippen LogP contribution in [0.15, 0.2) is 41.5 Å². The minimum absolute atomic E-state index is 0.0809. The highest BCUT2D eigenvalue weighted by atomic mass is 16.6. The smallest absolute Gasteiger partial charge is 0.292 e. The number of likely N-dealkylation sites (tertiary alicyclic amines) is 1. The number of hydrazine groups is 1. The first-order valence-electron chi connectivity index (χ1n) is 9.80. The number of nitrogens with two attached hydrogens (primary N) is 1. The molecule has 1 aliphatic rings. The van der Waals surface area contributed by atoms with Crippen molar-refractivity contribution in [2.75, 3.05) is 18.8 Å². The Kier molecular flexibility index (Phi) is 5.70. The summed E-state index contributed by atoms with van der Waals surface area (Å²) in [6.45, 7) is 6.53. The summed E-state index contributed by atoms with van der Waals surface area (Å²) in [5, 5.41) is 15.6. The molecule has 1 aliphatic heterocycles. The standard InChI is InChI=1S/C19H23N9O2/c1-13(14-8-4-2-5-9-14)21-23-19(29)16-15(12-27-10-6-3-7-11-27)28(26-22-16)18-17(20)24-30-25-18/h2,4-5,8-9,21H,1,3,6-7,10-12H2,(H2,20,24)(H,23,29)/p+1. The molecule has 0 unspecified atom stereocenters. The summed E-state index contributed by atoms with van der Waals surface area (Å²) in [7, 11) is 0. The van der Waals surface area contributed by atoms with Gasteiger partial charge in [0.15, 0.2) is 5.69 Å². The highest BCUT2D eigenvalue weighted by Crippen LogP contribution is 2.15. The lowest BCUT2D eigenvalue weighted by atomic mass is 10.1. The minimum atomic E-state index is -0.431. The van der Waals surface area contributed by atoms with E-state index in [-0.39, 0.29) is 17.3 Å². The van der Waals surface area contributed by atoms with Crippen LogP contribution in [0.1, 0.15) is 41.0 Å². The summed E-state index contributed by atoms with van der Waals surface area (Å²) in [6, 6.07) is 9.48. The van der Waals surface area contributed by atoms with Crippen molar-refractivity contribution in [2.45, 2.75) is 25.8 Å². The van der Waals surface area contributed by atoms with Crippen molar-refractivity contribution in [3.05, 3.63) is 53.9 Å². The fourth-order valence-electron chi connectivity index (χ4n) is 3.51. The van der Waals surface area contributed by atoms with Crippen LogP contribution < -0.4 is 21.5 Å². The highest BCUT2D eigenvalue weighted by molar-refractivity contribution is 5.93. The third kappa shape index (κ3) is 4.15. The van der Waals surface area contributed by atoms with Crippen LogP contribution in [0.25, 0.3) is 11.5 Å². The molecule has 1 aromatic carbocycles. The van der Waals surface area contributed by atoms with Crippen LogP contribution in [0.5, 0.6) is 0 Å². The van der Waals surface area contributed by atoms with E-state index in [4.69, 9.17) is 10.4 Å².